The molecular formula is C34H39N3O6. The van der Waals surface area contributed by atoms with Gasteiger partial charge in [-0.15, -0.1) is 0 Å². The maximum absolute atomic E-state index is 12.3. The fraction of sp³-hybridized carbons (Fsp3) is 0.353. The van der Waals surface area contributed by atoms with E-state index >= 15 is 0 Å². The van der Waals surface area contributed by atoms with Gasteiger partial charge in [0.2, 0.25) is 11.8 Å². The summed E-state index contributed by atoms with van der Waals surface area (Å²) in [6.07, 6.45) is 2.33. The first kappa shape index (κ1) is 31.3. The molecule has 0 spiro atoms. The van der Waals surface area contributed by atoms with Crippen molar-refractivity contribution >= 4 is 23.9 Å². The number of nitrogens with one attached hydrogen (secondary N) is 3. The Kier molecular flexibility index (Phi) is 11.3. The van der Waals surface area contributed by atoms with Gasteiger partial charge in [-0.05, 0) is 66.8 Å². The van der Waals surface area contributed by atoms with Crippen molar-refractivity contribution in [1.82, 2.24) is 16.0 Å². The van der Waals surface area contributed by atoms with Gasteiger partial charge < -0.3 is 25.8 Å². The van der Waals surface area contributed by atoms with E-state index in [0.717, 1.165) is 34.2 Å². The number of hydrogen-bond acceptors (Lipinski definition) is 5. The number of aryl methyl sites for hydroxylation is 2. The molecule has 0 radical (unpaired) electrons. The van der Waals surface area contributed by atoms with E-state index in [9.17, 15) is 24.3 Å². The number of ether oxygens (including phenoxy) is 1. The Morgan fingerprint density at radius 3 is 2.12 bits per heavy atom. The molecule has 3 aromatic carbocycles. The van der Waals surface area contributed by atoms with Crippen LogP contribution in [0, 0.1) is 6.92 Å². The molecule has 3 amide bonds. The van der Waals surface area contributed by atoms with Gasteiger partial charge in [0, 0.05) is 18.9 Å². The maximum Gasteiger partial charge on any atom is 0.407 e. The van der Waals surface area contributed by atoms with Crippen LogP contribution in [0.15, 0.2) is 72.8 Å². The first-order valence-corrected chi connectivity index (χ1v) is 14.7. The molecule has 0 fully saturated rings. The molecular weight excluding hydrogens is 546 g/mol. The number of amides is 3. The summed E-state index contributed by atoms with van der Waals surface area (Å²) >= 11 is 0. The van der Waals surface area contributed by atoms with Crippen molar-refractivity contribution in [2.45, 2.75) is 57.4 Å². The summed E-state index contributed by atoms with van der Waals surface area (Å²) in [6.45, 7) is 2.27. The monoisotopic (exact) mass is 585 g/mol. The fourth-order valence-corrected chi connectivity index (χ4v) is 5.29. The van der Waals surface area contributed by atoms with Crippen LogP contribution in [-0.2, 0) is 25.5 Å². The Bertz CT molecular complexity index is 1380. The molecule has 1 aliphatic rings. The molecule has 4 N–H and O–H groups in total. The van der Waals surface area contributed by atoms with Gasteiger partial charge in [0.25, 0.3) is 0 Å². The summed E-state index contributed by atoms with van der Waals surface area (Å²) < 4.78 is 5.52. The molecule has 0 unspecified atom stereocenters. The van der Waals surface area contributed by atoms with Crippen molar-refractivity contribution in [3.63, 3.8) is 0 Å². The topological polar surface area (TPSA) is 134 Å². The van der Waals surface area contributed by atoms with Gasteiger partial charge in [-0.2, -0.15) is 0 Å². The average Bonchev–Trinajstić information content (AvgIpc) is 3.32. The number of carboxylic acid groups (broad SMARTS) is 1. The Morgan fingerprint density at radius 1 is 0.814 bits per heavy atom. The molecule has 226 valence electrons. The van der Waals surface area contributed by atoms with Crippen LogP contribution < -0.4 is 16.0 Å². The summed E-state index contributed by atoms with van der Waals surface area (Å²) in [6, 6.07) is 23.3. The zero-order valence-electron chi connectivity index (χ0n) is 24.4. The van der Waals surface area contributed by atoms with Crippen molar-refractivity contribution in [3.8, 4) is 11.1 Å². The zero-order chi connectivity index (χ0) is 30.6. The fourth-order valence-electron chi connectivity index (χ4n) is 5.29. The van der Waals surface area contributed by atoms with Crippen LogP contribution >= 0.6 is 0 Å². The number of aliphatic carboxylic acids is 1. The van der Waals surface area contributed by atoms with E-state index < -0.39 is 24.0 Å². The van der Waals surface area contributed by atoms with Crippen LogP contribution in [-0.4, -0.2) is 54.7 Å². The Labute approximate surface area is 252 Å². The number of carbonyl (C=O) groups is 4. The minimum atomic E-state index is -1.15. The van der Waals surface area contributed by atoms with Gasteiger partial charge in [0.05, 0.1) is 6.54 Å². The first-order valence-electron chi connectivity index (χ1n) is 14.7. The number of hydrogen-bond donors (Lipinski definition) is 4. The molecule has 0 heterocycles. The standard InChI is InChI=1S/C34H39N3O6/c1-23-16-18-24(19-17-23)9-8-15-31(38)36-21-32(39)37-30(33(40)41)14-6-7-20-35-34(42)43-22-29-27-12-4-2-10-25(27)26-11-3-5-13-28(26)29/h2-5,10-13,16-19,29-30H,6-9,14-15,20-22H2,1H3,(H,35,42)(H,36,38)(H,37,39)(H,40,41)/t30-/m0/s1. The van der Waals surface area contributed by atoms with Gasteiger partial charge in [-0.1, -0.05) is 78.4 Å². The number of unbranched alkanes of at least 4 members (excludes halogenated alkanes) is 1. The highest BCUT2D eigenvalue weighted by Crippen LogP contribution is 2.44. The molecule has 0 bridgehead atoms. The molecule has 0 saturated carbocycles. The molecule has 0 saturated heterocycles. The largest absolute Gasteiger partial charge is 0.480 e. The number of fused-ring (bicyclic) bond motifs is 3. The Balaban J connectivity index is 1.09. The SMILES string of the molecule is Cc1ccc(CCCC(=O)NCC(=O)N[C@@H](CCCCNC(=O)OCC2c3ccccc3-c3ccccc32)C(=O)O)cc1. The zero-order valence-corrected chi connectivity index (χ0v) is 24.4. The molecule has 4 rings (SSSR count). The van der Waals surface area contributed by atoms with Crippen molar-refractivity contribution in [1.29, 1.82) is 0 Å². The van der Waals surface area contributed by atoms with Crippen molar-refractivity contribution in [2.24, 2.45) is 0 Å². The van der Waals surface area contributed by atoms with Crippen LogP contribution in [0.5, 0.6) is 0 Å². The summed E-state index contributed by atoms with van der Waals surface area (Å²) in [5.41, 5.74) is 6.91. The summed E-state index contributed by atoms with van der Waals surface area (Å²) in [7, 11) is 0. The lowest BCUT2D eigenvalue weighted by molar-refractivity contribution is -0.142. The minimum absolute atomic E-state index is 0.0264. The molecule has 9 heteroatoms. The van der Waals surface area contributed by atoms with Crippen LogP contribution in [0.4, 0.5) is 4.79 Å². The molecule has 0 aromatic heterocycles. The second-order valence-corrected chi connectivity index (χ2v) is 10.8. The molecule has 1 aliphatic carbocycles. The Hall–Kier alpha value is -4.66. The predicted molar refractivity (Wildman–Crippen MR) is 164 cm³/mol. The van der Waals surface area contributed by atoms with Crippen LogP contribution in [0.25, 0.3) is 11.1 Å². The average molecular weight is 586 g/mol. The lowest BCUT2D eigenvalue weighted by Crippen LogP contribution is -2.45. The quantitative estimate of drug-likeness (QED) is 0.191. The third-order valence-electron chi connectivity index (χ3n) is 7.60. The van der Waals surface area contributed by atoms with Crippen molar-refractivity contribution < 1.29 is 29.0 Å². The van der Waals surface area contributed by atoms with E-state index in [0.29, 0.717) is 25.8 Å². The molecule has 0 aliphatic heterocycles. The second kappa shape index (κ2) is 15.5. The summed E-state index contributed by atoms with van der Waals surface area (Å²) in [5.74, 6) is -1.99. The maximum atomic E-state index is 12.3. The lowest BCUT2D eigenvalue weighted by atomic mass is 9.98. The number of rotatable bonds is 15. The van der Waals surface area contributed by atoms with E-state index in [2.05, 4.69) is 40.2 Å². The van der Waals surface area contributed by atoms with Gasteiger partial charge >= 0.3 is 12.1 Å². The Morgan fingerprint density at radius 2 is 1.47 bits per heavy atom. The molecule has 43 heavy (non-hydrogen) atoms. The molecule has 1 atom stereocenters. The lowest BCUT2D eigenvalue weighted by Gasteiger charge is -2.16. The molecule has 9 nitrogen and oxygen atoms in total. The normalized spacial score (nSPS) is 12.5. The highest BCUT2D eigenvalue weighted by Gasteiger charge is 2.29. The summed E-state index contributed by atoms with van der Waals surface area (Å²) in [4.78, 5) is 48.3. The van der Waals surface area contributed by atoms with Gasteiger partial charge in [0.15, 0.2) is 0 Å². The minimum Gasteiger partial charge on any atom is -0.480 e. The van der Waals surface area contributed by atoms with E-state index in [1.807, 2.05) is 55.5 Å². The van der Waals surface area contributed by atoms with Gasteiger partial charge in [-0.3, -0.25) is 9.59 Å². The highest BCUT2D eigenvalue weighted by molar-refractivity contribution is 5.87. The smallest absolute Gasteiger partial charge is 0.407 e. The predicted octanol–water partition coefficient (Wildman–Crippen LogP) is 4.71. The number of carbonyl (C=O) groups excluding carboxylic acids is 3. The number of alkyl carbamates (subject to hydrolysis) is 1. The van der Waals surface area contributed by atoms with E-state index in [1.54, 1.807) is 0 Å². The van der Waals surface area contributed by atoms with Gasteiger partial charge in [-0.25, -0.2) is 9.59 Å². The van der Waals surface area contributed by atoms with E-state index in [4.69, 9.17) is 4.74 Å². The third-order valence-corrected chi connectivity index (χ3v) is 7.60. The second-order valence-electron chi connectivity index (χ2n) is 10.8. The number of benzene rings is 3. The highest BCUT2D eigenvalue weighted by atomic mass is 16.5. The van der Waals surface area contributed by atoms with E-state index in [1.165, 1.54) is 5.56 Å². The third kappa shape index (κ3) is 9.16. The van der Waals surface area contributed by atoms with Crippen molar-refractivity contribution in [2.75, 3.05) is 19.7 Å². The first-order chi connectivity index (χ1) is 20.8. The summed E-state index contributed by atoms with van der Waals surface area (Å²) in [5, 5.41) is 17.2. The van der Waals surface area contributed by atoms with Crippen molar-refractivity contribution in [3.05, 3.63) is 95.1 Å². The van der Waals surface area contributed by atoms with Crippen LogP contribution in [0.1, 0.15) is 60.3 Å². The van der Waals surface area contributed by atoms with Crippen LogP contribution in [0.3, 0.4) is 0 Å². The number of carboxylic acids is 1. The van der Waals surface area contributed by atoms with Gasteiger partial charge in [0.1, 0.15) is 12.6 Å². The van der Waals surface area contributed by atoms with E-state index in [-0.39, 0.29) is 37.8 Å². The van der Waals surface area contributed by atoms with Crippen LogP contribution in [0.2, 0.25) is 0 Å². The molecule has 3 aromatic rings.